The number of nitrogens with one attached hydrogen (secondary N) is 1. The molecule has 1 N–H and O–H groups in total. The molecule has 35 heavy (non-hydrogen) atoms. The third-order valence-electron chi connectivity index (χ3n) is 6.89. The van der Waals surface area contributed by atoms with Crippen LogP contribution < -0.4 is 5.32 Å². The average molecular weight is 526 g/mol. The van der Waals surface area contributed by atoms with Crippen molar-refractivity contribution < 1.29 is 14.0 Å². The molecule has 0 aromatic carbocycles. The zero-order chi connectivity index (χ0) is 23.4. The number of carbonyl (C=O) groups is 2. The van der Waals surface area contributed by atoms with Gasteiger partial charge in [-0.1, -0.05) is 33.3 Å². The maximum Gasteiger partial charge on any atom is 0.246 e. The number of hydrogen-bond acceptors (Lipinski definition) is 5. The standard InChI is InChI=1S/C26H36N4O3.2ClH/c1-4-5-14-30-24(31)22(17-19(2)3)28-25(32)26(30)11-15-29(16-12-26)18-20-9-10-23(33-20)21-8-6-7-13-27-21;;/h6-10,13,19,22H,4-5,11-12,14-18H2,1-3H3,(H,28,32);2*1H. The average Bonchev–Trinajstić information content (AvgIpc) is 3.28. The highest BCUT2D eigenvalue weighted by atomic mass is 35.5. The van der Waals surface area contributed by atoms with E-state index in [1.54, 1.807) is 6.20 Å². The summed E-state index contributed by atoms with van der Waals surface area (Å²) < 4.78 is 6.02. The van der Waals surface area contributed by atoms with Gasteiger partial charge < -0.3 is 14.6 Å². The third kappa shape index (κ3) is 6.38. The van der Waals surface area contributed by atoms with Gasteiger partial charge in [-0.3, -0.25) is 19.5 Å². The lowest BCUT2D eigenvalue weighted by Gasteiger charge is -2.51. The fraction of sp³-hybridized carbons (Fsp3) is 0.577. The molecule has 7 nitrogen and oxygen atoms in total. The molecule has 1 atom stereocenters. The van der Waals surface area contributed by atoms with Gasteiger partial charge in [-0.05, 0) is 55.9 Å². The van der Waals surface area contributed by atoms with Crippen molar-refractivity contribution in [1.29, 1.82) is 0 Å². The minimum atomic E-state index is -0.724. The van der Waals surface area contributed by atoms with Gasteiger partial charge >= 0.3 is 0 Å². The molecule has 0 saturated carbocycles. The van der Waals surface area contributed by atoms with E-state index in [0.717, 1.165) is 43.1 Å². The number of piperidine rings is 1. The maximum absolute atomic E-state index is 13.4. The van der Waals surface area contributed by atoms with E-state index in [2.05, 4.69) is 36.0 Å². The second-order valence-corrected chi connectivity index (χ2v) is 9.79. The van der Waals surface area contributed by atoms with Crippen LogP contribution in [0.2, 0.25) is 0 Å². The Morgan fingerprint density at radius 2 is 1.89 bits per heavy atom. The lowest BCUT2D eigenvalue weighted by molar-refractivity contribution is -0.161. The Labute approximate surface area is 220 Å². The molecule has 2 aromatic heterocycles. The van der Waals surface area contributed by atoms with Gasteiger partial charge in [0, 0.05) is 25.8 Å². The van der Waals surface area contributed by atoms with Crippen molar-refractivity contribution in [3.05, 3.63) is 42.3 Å². The summed E-state index contributed by atoms with van der Waals surface area (Å²) in [5.74, 6) is 2.12. The van der Waals surface area contributed by atoms with Crippen molar-refractivity contribution in [2.24, 2.45) is 5.92 Å². The minimum Gasteiger partial charge on any atom is -0.458 e. The number of nitrogens with zero attached hydrogens (tertiary/aromatic N) is 3. The summed E-state index contributed by atoms with van der Waals surface area (Å²) in [4.78, 5) is 35.3. The molecule has 4 heterocycles. The summed E-state index contributed by atoms with van der Waals surface area (Å²) in [6, 6.07) is 9.32. The van der Waals surface area contributed by atoms with E-state index in [1.165, 1.54) is 0 Å². The van der Waals surface area contributed by atoms with Crippen molar-refractivity contribution in [2.75, 3.05) is 19.6 Å². The molecule has 0 bridgehead atoms. The predicted molar refractivity (Wildman–Crippen MR) is 142 cm³/mol. The van der Waals surface area contributed by atoms with Gasteiger partial charge in [0.2, 0.25) is 11.8 Å². The summed E-state index contributed by atoms with van der Waals surface area (Å²) in [6.45, 7) is 9.14. The molecule has 0 radical (unpaired) electrons. The lowest BCUT2D eigenvalue weighted by Crippen LogP contribution is -2.73. The monoisotopic (exact) mass is 524 g/mol. The summed E-state index contributed by atoms with van der Waals surface area (Å²) in [5, 5.41) is 3.08. The van der Waals surface area contributed by atoms with Crippen molar-refractivity contribution in [1.82, 2.24) is 20.1 Å². The molecule has 2 aliphatic rings. The number of aromatic nitrogens is 1. The topological polar surface area (TPSA) is 78.7 Å². The first-order valence-corrected chi connectivity index (χ1v) is 12.3. The van der Waals surface area contributed by atoms with E-state index in [0.29, 0.717) is 38.3 Å². The van der Waals surface area contributed by atoms with E-state index >= 15 is 0 Å². The zero-order valence-electron chi connectivity index (χ0n) is 20.9. The Bertz CT molecular complexity index is 959. The molecule has 2 aromatic rings. The van der Waals surface area contributed by atoms with Crippen LogP contribution in [-0.2, 0) is 16.1 Å². The Balaban J connectivity index is 0.00000216. The Morgan fingerprint density at radius 1 is 1.14 bits per heavy atom. The molecular weight excluding hydrogens is 487 g/mol. The van der Waals surface area contributed by atoms with Crippen LogP contribution in [0, 0.1) is 5.92 Å². The Morgan fingerprint density at radius 3 is 2.51 bits per heavy atom. The van der Waals surface area contributed by atoms with Gasteiger partial charge in [0.1, 0.15) is 23.0 Å². The van der Waals surface area contributed by atoms with Gasteiger partial charge in [0.05, 0.1) is 6.54 Å². The predicted octanol–water partition coefficient (Wildman–Crippen LogP) is 4.69. The largest absolute Gasteiger partial charge is 0.458 e. The number of carbonyl (C=O) groups excluding carboxylic acids is 2. The molecule has 9 heteroatoms. The molecule has 1 unspecified atom stereocenters. The van der Waals surface area contributed by atoms with Crippen molar-refractivity contribution in [2.45, 2.75) is 71.0 Å². The number of rotatable bonds is 8. The molecular formula is C26H38Cl2N4O3. The second kappa shape index (κ2) is 12.7. The van der Waals surface area contributed by atoms with Crippen LogP contribution in [0.25, 0.3) is 11.5 Å². The number of hydrogen-bond donors (Lipinski definition) is 1. The van der Waals surface area contributed by atoms with E-state index in [-0.39, 0.29) is 36.6 Å². The summed E-state index contributed by atoms with van der Waals surface area (Å²) in [6.07, 6.45) is 5.66. The molecule has 2 saturated heterocycles. The van der Waals surface area contributed by atoms with Crippen molar-refractivity contribution >= 4 is 36.6 Å². The van der Waals surface area contributed by atoms with Gasteiger partial charge in [-0.15, -0.1) is 24.8 Å². The fourth-order valence-corrected chi connectivity index (χ4v) is 5.06. The van der Waals surface area contributed by atoms with Crippen LogP contribution in [0.1, 0.15) is 58.6 Å². The SMILES string of the molecule is CCCCN1C(=O)C(CC(C)C)NC(=O)C12CCN(Cc1ccc(-c3ccccn3)o1)CC2.Cl.Cl. The molecule has 4 rings (SSSR count). The van der Waals surface area contributed by atoms with Crippen molar-refractivity contribution in [3.63, 3.8) is 0 Å². The number of likely N-dealkylation sites (tertiary alicyclic amines) is 1. The highest BCUT2D eigenvalue weighted by Gasteiger charge is 2.53. The molecule has 2 fully saturated rings. The van der Waals surface area contributed by atoms with E-state index < -0.39 is 11.6 Å². The number of halogens is 2. The normalized spacial score (nSPS) is 19.9. The summed E-state index contributed by atoms with van der Waals surface area (Å²) in [7, 11) is 0. The van der Waals surface area contributed by atoms with Crippen LogP contribution >= 0.6 is 24.8 Å². The van der Waals surface area contributed by atoms with E-state index in [1.807, 2.05) is 35.2 Å². The first-order valence-electron chi connectivity index (χ1n) is 12.3. The summed E-state index contributed by atoms with van der Waals surface area (Å²) >= 11 is 0. The molecule has 2 amide bonds. The molecule has 2 aliphatic heterocycles. The fourth-order valence-electron chi connectivity index (χ4n) is 5.06. The minimum absolute atomic E-state index is 0. The lowest BCUT2D eigenvalue weighted by atomic mass is 9.80. The first-order chi connectivity index (χ1) is 15.9. The van der Waals surface area contributed by atoms with Crippen molar-refractivity contribution in [3.8, 4) is 11.5 Å². The maximum atomic E-state index is 13.4. The first kappa shape index (κ1) is 29.1. The van der Waals surface area contributed by atoms with Crippen LogP contribution in [0.5, 0.6) is 0 Å². The van der Waals surface area contributed by atoms with Gasteiger partial charge in [0.25, 0.3) is 0 Å². The number of unbranched alkanes of at least 4 members (excludes halogenated alkanes) is 1. The molecule has 0 aliphatic carbocycles. The van der Waals surface area contributed by atoms with E-state index in [9.17, 15) is 9.59 Å². The number of furan rings is 1. The second-order valence-electron chi connectivity index (χ2n) is 9.79. The summed E-state index contributed by atoms with van der Waals surface area (Å²) in [5.41, 5.74) is 0.0969. The number of piperazine rings is 1. The van der Waals surface area contributed by atoms with Crippen LogP contribution in [0.15, 0.2) is 40.9 Å². The molecule has 1 spiro atoms. The highest BCUT2D eigenvalue weighted by Crippen LogP contribution is 2.35. The van der Waals surface area contributed by atoms with Crippen LogP contribution in [0.3, 0.4) is 0 Å². The number of pyridine rings is 1. The molecule has 194 valence electrons. The highest BCUT2D eigenvalue weighted by molar-refractivity contribution is 6.00. The zero-order valence-corrected chi connectivity index (χ0v) is 22.5. The third-order valence-corrected chi connectivity index (χ3v) is 6.89. The van der Waals surface area contributed by atoms with Gasteiger partial charge in [-0.2, -0.15) is 0 Å². The van der Waals surface area contributed by atoms with Gasteiger partial charge in [-0.25, -0.2) is 0 Å². The quantitative estimate of drug-likeness (QED) is 0.541. The number of amides is 2. The van der Waals surface area contributed by atoms with Gasteiger partial charge in [0.15, 0.2) is 5.76 Å². The van der Waals surface area contributed by atoms with Crippen LogP contribution in [0.4, 0.5) is 0 Å². The smallest absolute Gasteiger partial charge is 0.246 e. The Hall–Kier alpha value is -2.09. The van der Waals surface area contributed by atoms with Crippen LogP contribution in [-0.4, -0.2) is 57.8 Å². The Kier molecular flexibility index (Phi) is 10.6. The van der Waals surface area contributed by atoms with E-state index in [4.69, 9.17) is 4.42 Å².